The topological polar surface area (TPSA) is 34.3 Å². The third-order valence-corrected chi connectivity index (χ3v) is 7.63. The molecule has 0 saturated heterocycles. The van der Waals surface area contributed by atoms with Gasteiger partial charge in [-0.1, -0.05) is 72.9 Å². The Morgan fingerprint density at radius 2 is 1.62 bits per heavy atom. The third kappa shape index (κ3) is 6.64. The van der Waals surface area contributed by atoms with Crippen molar-refractivity contribution < 1.29 is 22.1 Å². The van der Waals surface area contributed by atoms with E-state index in [1.807, 2.05) is 55.5 Å². The van der Waals surface area contributed by atoms with E-state index in [4.69, 9.17) is 23.9 Å². The van der Waals surface area contributed by atoms with Crippen molar-refractivity contribution in [2.75, 3.05) is 0 Å². The summed E-state index contributed by atoms with van der Waals surface area (Å²) >= 11 is -1.63. The van der Waals surface area contributed by atoms with Crippen molar-refractivity contribution in [3.05, 3.63) is 65.0 Å². The van der Waals surface area contributed by atoms with Crippen LogP contribution in [0.3, 0.4) is 0 Å². The molecule has 2 aromatic rings. The van der Waals surface area contributed by atoms with Gasteiger partial charge in [-0.15, -0.1) is 10.6 Å². The number of hydrogen-bond acceptors (Lipinski definition) is 1. The van der Waals surface area contributed by atoms with Gasteiger partial charge in [0.15, 0.2) is 0 Å². The molecule has 128 valence electrons. The van der Waals surface area contributed by atoms with Crippen LogP contribution in [0.25, 0.3) is 5.32 Å². The minimum absolute atomic E-state index is 0.141. The monoisotopic (exact) mass is 414 g/mol. The van der Waals surface area contributed by atoms with Crippen molar-refractivity contribution in [1.29, 1.82) is 0 Å². The SMILES string of the molecule is C[CH2][Al]([CH2]C)[CH]([N-]c1ccccc1)c1cccc(C)c1O.[Cl][Ti][Cl]. The number of rotatable bonds is 6. The maximum atomic E-state index is 10.4. The van der Waals surface area contributed by atoms with Crippen LogP contribution in [0.5, 0.6) is 5.75 Å². The summed E-state index contributed by atoms with van der Waals surface area (Å²) in [7, 11) is 9.78. The molecule has 1 unspecified atom stereocenters. The summed E-state index contributed by atoms with van der Waals surface area (Å²) in [5.74, 6) is 0.418. The molecule has 1 atom stereocenters. The molecule has 0 saturated carbocycles. The van der Waals surface area contributed by atoms with E-state index in [2.05, 4.69) is 13.8 Å². The number of phenols is 1. The van der Waals surface area contributed by atoms with Gasteiger partial charge in [-0.25, -0.2) is 0 Å². The van der Waals surface area contributed by atoms with Gasteiger partial charge in [-0.05, 0) is 18.1 Å². The molecule has 1 N–H and O–H groups in total. The van der Waals surface area contributed by atoms with Gasteiger partial charge in [0.2, 0.25) is 14.1 Å². The first kappa shape index (κ1) is 21.9. The van der Waals surface area contributed by atoms with Crippen molar-refractivity contribution in [3.8, 4) is 5.75 Å². The number of hydrogen-bond donors (Lipinski definition) is 1. The molecule has 0 heterocycles. The fourth-order valence-corrected chi connectivity index (χ4v) is 5.39. The number of aryl methyl sites for hydroxylation is 1. The van der Waals surface area contributed by atoms with Crippen LogP contribution in [0.2, 0.25) is 10.6 Å². The van der Waals surface area contributed by atoms with Crippen LogP contribution in [0.4, 0.5) is 5.69 Å². The summed E-state index contributed by atoms with van der Waals surface area (Å²) in [6.45, 7) is 6.45. The molecule has 0 aliphatic carbocycles. The number of aromatic hydroxyl groups is 1. The van der Waals surface area contributed by atoms with E-state index in [0.717, 1.165) is 16.8 Å². The van der Waals surface area contributed by atoms with Gasteiger partial charge in [-0.3, -0.25) is 0 Å². The van der Waals surface area contributed by atoms with Crippen molar-refractivity contribution in [2.45, 2.75) is 36.2 Å². The fourth-order valence-electron chi connectivity index (χ4n) is 2.76. The summed E-state index contributed by atoms with van der Waals surface area (Å²) in [6, 6.07) is 16.1. The summed E-state index contributed by atoms with van der Waals surface area (Å²) < 4.78 is 0. The molecule has 0 fully saturated rings. The molecule has 0 aromatic heterocycles. The number of phenolic OH excluding ortho intramolecular Hbond substituents is 1. The molecule has 0 bridgehead atoms. The summed E-state index contributed by atoms with van der Waals surface area (Å²) in [6.07, 6.45) is 0. The fraction of sp³-hybridized carbons (Fsp3) is 0.333. The molecule has 0 aliphatic heterocycles. The van der Waals surface area contributed by atoms with Crippen LogP contribution in [-0.4, -0.2) is 19.3 Å². The molecule has 2 rings (SSSR count). The average Bonchev–Trinajstić information content (AvgIpc) is 2.59. The Kier molecular flexibility index (Phi) is 11.2. The van der Waals surface area contributed by atoms with E-state index in [-0.39, 0.29) is 4.90 Å². The van der Waals surface area contributed by atoms with Gasteiger partial charge >= 0.3 is 35.6 Å². The molecule has 0 radical (unpaired) electrons. The van der Waals surface area contributed by atoms with Gasteiger partial charge in [0.1, 0.15) is 5.75 Å². The molecule has 0 spiro atoms. The van der Waals surface area contributed by atoms with Gasteiger partial charge in [0.25, 0.3) is 0 Å². The van der Waals surface area contributed by atoms with Crippen LogP contribution in [0.1, 0.15) is 29.9 Å². The zero-order valence-electron chi connectivity index (χ0n) is 14.3. The van der Waals surface area contributed by atoms with Crippen LogP contribution in [0, 0.1) is 6.92 Å². The van der Waals surface area contributed by atoms with E-state index < -0.39 is 31.2 Å². The number of para-hydroxylation sites is 2. The predicted octanol–water partition coefficient (Wildman–Crippen LogP) is 6.90. The Morgan fingerprint density at radius 3 is 2.17 bits per heavy atom. The Bertz CT molecular complexity index is 597. The van der Waals surface area contributed by atoms with E-state index in [1.54, 1.807) is 0 Å². The van der Waals surface area contributed by atoms with Crippen LogP contribution >= 0.6 is 18.6 Å². The number of benzene rings is 2. The third-order valence-electron chi connectivity index (χ3n) is 4.13. The molecule has 2 nitrogen and oxygen atoms in total. The minimum atomic E-state index is -1.08. The second kappa shape index (κ2) is 12.3. The average molecular weight is 415 g/mol. The molecular formula is C18H23AlCl2NOTi-. The summed E-state index contributed by atoms with van der Waals surface area (Å²) in [5.41, 5.74) is 2.93. The van der Waals surface area contributed by atoms with Crippen LogP contribution < -0.4 is 0 Å². The summed E-state index contributed by atoms with van der Waals surface area (Å²) in [5, 5.41) is 17.8. The van der Waals surface area contributed by atoms with Gasteiger partial charge in [-0.2, -0.15) is 0 Å². The Balaban J connectivity index is 0.000000891. The predicted molar refractivity (Wildman–Crippen MR) is 103 cm³/mol. The van der Waals surface area contributed by atoms with Crippen molar-refractivity contribution in [2.24, 2.45) is 0 Å². The first-order valence-corrected chi connectivity index (χ1v) is 14.7. The van der Waals surface area contributed by atoms with Crippen molar-refractivity contribution >= 4 is 38.4 Å². The molecule has 0 aliphatic rings. The molecular weight excluding hydrogens is 392 g/mol. The quantitative estimate of drug-likeness (QED) is 0.512. The van der Waals surface area contributed by atoms with Crippen LogP contribution in [0.15, 0.2) is 48.5 Å². The molecule has 24 heavy (non-hydrogen) atoms. The molecule has 0 amide bonds. The summed E-state index contributed by atoms with van der Waals surface area (Å²) in [4.78, 5) is 0.141. The maximum absolute atomic E-state index is 10.4. The second-order valence-electron chi connectivity index (χ2n) is 5.57. The Morgan fingerprint density at radius 1 is 1.04 bits per heavy atom. The van der Waals surface area contributed by atoms with Gasteiger partial charge in [0, 0.05) is 0 Å². The van der Waals surface area contributed by atoms with E-state index in [9.17, 15) is 5.11 Å². The zero-order valence-corrected chi connectivity index (χ0v) is 18.6. The Hall–Kier alpha value is -0.133. The first-order chi connectivity index (χ1) is 11.6. The number of halogens is 2. The van der Waals surface area contributed by atoms with Gasteiger partial charge in [0.05, 0.1) is 0 Å². The van der Waals surface area contributed by atoms with E-state index >= 15 is 0 Å². The second-order valence-corrected chi connectivity index (χ2v) is 11.9. The van der Waals surface area contributed by atoms with Crippen molar-refractivity contribution in [3.63, 3.8) is 0 Å². The Labute approximate surface area is 166 Å². The van der Waals surface area contributed by atoms with Crippen LogP contribution in [-0.2, 0) is 17.0 Å². The number of nitrogens with zero attached hydrogens (tertiary/aromatic N) is 1. The zero-order chi connectivity index (χ0) is 17.9. The normalized spacial score (nSPS) is 11.0. The standard InChI is InChI=1S/C14H13NO.2C2H5.Al.2ClH.Ti/c1-11-6-5-7-12(14(11)16)10-15-13-8-3-2-4-9-13;2*1-2;;;;/h2-10,16H,1H3;2*1H2,2H3;;2*1H;/q-1;;;;;;+2/p-2. The first-order valence-electron chi connectivity index (χ1n) is 8.09. The molecule has 6 heteroatoms. The molecule has 2 aromatic carbocycles. The van der Waals surface area contributed by atoms with E-state index in [0.29, 0.717) is 5.75 Å². The van der Waals surface area contributed by atoms with Crippen molar-refractivity contribution in [1.82, 2.24) is 0 Å². The van der Waals surface area contributed by atoms with E-state index in [1.165, 1.54) is 10.6 Å². The van der Waals surface area contributed by atoms with Gasteiger partial charge < -0.3 is 10.4 Å².